The van der Waals surface area contributed by atoms with Crippen LogP contribution in [-0.4, -0.2) is 35.2 Å². The summed E-state index contributed by atoms with van der Waals surface area (Å²) < 4.78 is 5.43. The van der Waals surface area contributed by atoms with Gasteiger partial charge in [-0.05, 0) is 77.7 Å². The van der Waals surface area contributed by atoms with Crippen LogP contribution in [0.4, 0.5) is 0 Å². The molecule has 1 rings (SSSR count). The number of rotatable bonds is 11. The Bertz CT molecular complexity index is 660. The minimum absolute atomic E-state index is 0.250. The van der Waals surface area contributed by atoms with Crippen molar-refractivity contribution in [3.63, 3.8) is 0 Å². The number of carboxylic acids is 1. The molecule has 0 aromatic heterocycles. The molecule has 156 valence electrons. The largest absolute Gasteiger partial charge is 0.481 e. The summed E-state index contributed by atoms with van der Waals surface area (Å²) in [6, 6.07) is 9.05. The van der Waals surface area contributed by atoms with Gasteiger partial charge in [0.05, 0.1) is 10.8 Å². The molecule has 0 radical (unpaired) electrons. The molecule has 6 nitrogen and oxygen atoms in total. The van der Waals surface area contributed by atoms with Crippen molar-refractivity contribution in [3.8, 4) is 5.75 Å². The molecule has 0 spiro atoms. The highest BCUT2D eigenvalue weighted by Gasteiger charge is 2.29. The molecule has 3 N–H and O–H groups in total. The van der Waals surface area contributed by atoms with E-state index in [0.29, 0.717) is 36.8 Å². The van der Waals surface area contributed by atoms with Crippen molar-refractivity contribution in [2.45, 2.75) is 53.4 Å². The van der Waals surface area contributed by atoms with Crippen molar-refractivity contribution in [3.05, 3.63) is 30.3 Å². The molecule has 0 aliphatic carbocycles. The van der Waals surface area contributed by atoms with E-state index < -0.39 is 16.8 Å². The Kier molecular flexibility index (Phi) is 9.38. The monoisotopic (exact) mass is 408 g/mol. The molecule has 0 aliphatic heterocycles. The van der Waals surface area contributed by atoms with Gasteiger partial charge in [0, 0.05) is 13.1 Å². The zero-order valence-corrected chi connectivity index (χ0v) is 18.0. The lowest BCUT2D eigenvalue weighted by atomic mass is 9.88. The van der Waals surface area contributed by atoms with Gasteiger partial charge in [0.1, 0.15) is 5.75 Å². The molecule has 0 saturated carbocycles. The van der Waals surface area contributed by atoms with Gasteiger partial charge in [-0.15, -0.1) is 0 Å². The molecule has 0 unspecified atom stereocenters. The summed E-state index contributed by atoms with van der Waals surface area (Å²) in [6.45, 7) is 8.46. The number of carbonyl (C=O) groups excluding carboxylic acids is 1. The van der Waals surface area contributed by atoms with Gasteiger partial charge < -0.3 is 20.5 Å². The fourth-order valence-electron chi connectivity index (χ4n) is 2.47. The highest BCUT2D eigenvalue weighted by Crippen LogP contribution is 2.25. The predicted molar refractivity (Wildman–Crippen MR) is 114 cm³/mol. The number of benzene rings is 1. The van der Waals surface area contributed by atoms with Crippen LogP contribution in [0, 0.1) is 10.8 Å². The second-order valence-corrected chi connectivity index (χ2v) is 8.57. The fourth-order valence-corrected chi connectivity index (χ4v) is 2.67. The Morgan fingerprint density at radius 3 is 1.96 bits per heavy atom. The molecular weight excluding hydrogens is 376 g/mol. The molecule has 0 saturated heterocycles. The van der Waals surface area contributed by atoms with Crippen LogP contribution in [0.1, 0.15) is 53.4 Å². The topological polar surface area (TPSA) is 87.7 Å². The highest BCUT2D eigenvalue weighted by atomic mass is 32.1. The maximum atomic E-state index is 12.3. The Morgan fingerprint density at radius 1 is 0.964 bits per heavy atom. The van der Waals surface area contributed by atoms with Gasteiger partial charge in [0.15, 0.2) is 5.11 Å². The summed E-state index contributed by atoms with van der Waals surface area (Å²) in [6.07, 6.45) is 2.74. The molecule has 0 amide bonds. The highest BCUT2D eigenvalue weighted by molar-refractivity contribution is 7.80. The Balaban J connectivity index is 2.21. The van der Waals surface area contributed by atoms with Gasteiger partial charge >= 0.3 is 11.9 Å². The van der Waals surface area contributed by atoms with E-state index in [-0.39, 0.29) is 5.97 Å². The van der Waals surface area contributed by atoms with Crippen molar-refractivity contribution in [2.75, 3.05) is 13.1 Å². The lowest BCUT2D eigenvalue weighted by Gasteiger charge is -2.22. The van der Waals surface area contributed by atoms with E-state index in [4.69, 9.17) is 22.1 Å². The van der Waals surface area contributed by atoms with Crippen LogP contribution in [0.25, 0.3) is 0 Å². The first-order valence-corrected chi connectivity index (χ1v) is 9.98. The molecule has 0 bridgehead atoms. The van der Waals surface area contributed by atoms with Crippen molar-refractivity contribution in [1.29, 1.82) is 0 Å². The molecule has 0 heterocycles. The number of thiocarbonyl (C=S) groups is 1. The zero-order chi connectivity index (χ0) is 21.2. The smallest absolute Gasteiger partial charge is 0.316 e. The molecule has 0 atom stereocenters. The summed E-state index contributed by atoms with van der Waals surface area (Å²) in [4.78, 5) is 23.4. The third-order valence-corrected chi connectivity index (χ3v) is 4.90. The minimum atomic E-state index is -0.790. The van der Waals surface area contributed by atoms with Crippen molar-refractivity contribution in [1.82, 2.24) is 10.6 Å². The van der Waals surface area contributed by atoms with Crippen LogP contribution < -0.4 is 15.4 Å². The van der Waals surface area contributed by atoms with Gasteiger partial charge in [-0.2, -0.15) is 0 Å². The van der Waals surface area contributed by atoms with Crippen molar-refractivity contribution in [2.24, 2.45) is 10.8 Å². The summed E-state index contributed by atoms with van der Waals surface area (Å²) in [7, 11) is 0. The lowest BCUT2D eigenvalue weighted by Crippen LogP contribution is -2.37. The average Bonchev–Trinajstić information content (AvgIpc) is 2.63. The number of esters is 1. The van der Waals surface area contributed by atoms with E-state index in [1.165, 1.54) is 0 Å². The molecule has 1 aromatic rings. The third-order valence-electron chi connectivity index (χ3n) is 4.61. The SMILES string of the molecule is CC(C)(CCCNC(=S)NCCCC(C)(C)C(=O)Oc1ccccc1)C(=O)O. The molecule has 28 heavy (non-hydrogen) atoms. The Morgan fingerprint density at radius 2 is 1.46 bits per heavy atom. The van der Waals surface area contributed by atoms with E-state index in [1.54, 1.807) is 26.0 Å². The van der Waals surface area contributed by atoms with Gasteiger partial charge in [0.25, 0.3) is 0 Å². The number of hydrogen-bond acceptors (Lipinski definition) is 4. The molecule has 7 heteroatoms. The lowest BCUT2D eigenvalue weighted by molar-refractivity contribution is -0.147. The summed E-state index contributed by atoms with van der Waals surface area (Å²) in [5, 5.41) is 15.8. The van der Waals surface area contributed by atoms with E-state index in [1.807, 2.05) is 32.0 Å². The van der Waals surface area contributed by atoms with E-state index in [0.717, 1.165) is 12.8 Å². The van der Waals surface area contributed by atoms with Crippen LogP contribution >= 0.6 is 12.2 Å². The van der Waals surface area contributed by atoms with E-state index in [2.05, 4.69) is 10.6 Å². The first-order valence-electron chi connectivity index (χ1n) is 9.57. The van der Waals surface area contributed by atoms with Crippen molar-refractivity contribution < 1.29 is 19.4 Å². The number of aliphatic carboxylic acids is 1. The number of hydrogen-bond donors (Lipinski definition) is 3. The van der Waals surface area contributed by atoms with Crippen molar-refractivity contribution >= 4 is 29.3 Å². The molecular formula is C21H32N2O4S. The van der Waals surface area contributed by atoms with Gasteiger partial charge in [0.2, 0.25) is 0 Å². The number of nitrogens with one attached hydrogen (secondary N) is 2. The second kappa shape index (κ2) is 11.0. The van der Waals surface area contributed by atoms with Gasteiger partial charge in [-0.25, -0.2) is 0 Å². The quantitative estimate of drug-likeness (QED) is 0.222. The average molecular weight is 409 g/mol. The second-order valence-electron chi connectivity index (χ2n) is 8.17. The van der Waals surface area contributed by atoms with Crippen LogP contribution in [0.2, 0.25) is 0 Å². The summed E-state index contributed by atoms with van der Waals surface area (Å²) >= 11 is 5.23. The standard InChI is InChI=1S/C21H32N2O4S/c1-20(2,17(24)25)12-8-14-22-19(28)23-15-9-13-21(3,4)18(26)27-16-10-6-5-7-11-16/h5-7,10-11H,8-9,12-15H2,1-4H3,(H,24,25)(H2,22,23,28). The third kappa shape index (κ3) is 8.69. The fraction of sp³-hybridized carbons (Fsp3) is 0.571. The van der Waals surface area contributed by atoms with Gasteiger partial charge in [-0.1, -0.05) is 18.2 Å². The van der Waals surface area contributed by atoms with E-state index in [9.17, 15) is 9.59 Å². The summed E-state index contributed by atoms with van der Waals surface area (Å²) in [5.74, 6) is -0.489. The van der Waals surface area contributed by atoms with Crippen LogP contribution in [0.3, 0.4) is 0 Å². The maximum Gasteiger partial charge on any atom is 0.316 e. The summed E-state index contributed by atoms with van der Waals surface area (Å²) in [5.41, 5.74) is -1.31. The maximum absolute atomic E-state index is 12.3. The molecule has 0 aliphatic rings. The first kappa shape index (κ1) is 23.9. The van der Waals surface area contributed by atoms with Crippen LogP contribution in [0.15, 0.2) is 30.3 Å². The molecule has 1 aromatic carbocycles. The number of para-hydroxylation sites is 1. The number of ether oxygens (including phenoxy) is 1. The zero-order valence-electron chi connectivity index (χ0n) is 17.2. The minimum Gasteiger partial charge on any atom is -0.481 e. The Labute approximate surface area is 173 Å². The number of carbonyl (C=O) groups is 2. The van der Waals surface area contributed by atoms with E-state index >= 15 is 0 Å². The molecule has 0 fully saturated rings. The van der Waals surface area contributed by atoms with Gasteiger partial charge in [-0.3, -0.25) is 9.59 Å². The van der Waals surface area contributed by atoms with Crippen LogP contribution in [0.5, 0.6) is 5.75 Å². The van der Waals surface area contributed by atoms with Crippen LogP contribution in [-0.2, 0) is 9.59 Å². The predicted octanol–water partition coefficient (Wildman–Crippen LogP) is 3.75. The Hall–Kier alpha value is -2.15. The first-order chi connectivity index (χ1) is 13.0. The normalized spacial score (nSPS) is 11.6. The number of carboxylic acid groups (broad SMARTS) is 1.